The number of fused-ring (bicyclic) bond motifs is 1. The zero-order valence-corrected chi connectivity index (χ0v) is 14.5. The van der Waals surface area contributed by atoms with Gasteiger partial charge in [0, 0.05) is 6.54 Å². The molecule has 0 spiro atoms. The van der Waals surface area contributed by atoms with E-state index in [0.717, 1.165) is 22.6 Å². The summed E-state index contributed by atoms with van der Waals surface area (Å²) >= 11 is 0. The van der Waals surface area contributed by atoms with Gasteiger partial charge in [-0.15, -0.1) is 0 Å². The molecule has 0 aliphatic carbocycles. The highest BCUT2D eigenvalue weighted by Gasteiger charge is 2.13. The average Bonchev–Trinajstić information content (AvgIpc) is 2.58. The lowest BCUT2D eigenvalue weighted by molar-refractivity contribution is 0.0952. The van der Waals surface area contributed by atoms with Crippen LogP contribution in [0.4, 0.5) is 5.69 Å². The zero-order valence-electron chi connectivity index (χ0n) is 13.7. The number of carbonyl (C=O) groups excluding carboxylic acids is 1. The lowest BCUT2D eigenvalue weighted by Crippen LogP contribution is -2.24. The second-order valence-electron chi connectivity index (χ2n) is 5.78. The van der Waals surface area contributed by atoms with Crippen LogP contribution in [0.25, 0.3) is 10.8 Å². The van der Waals surface area contributed by atoms with Gasteiger partial charge < -0.3 is 5.32 Å². The minimum atomic E-state index is -3.45. The molecule has 0 bridgehead atoms. The molecule has 25 heavy (non-hydrogen) atoms. The summed E-state index contributed by atoms with van der Waals surface area (Å²) in [7, 11) is -3.45. The molecule has 0 saturated heterocycles. The van der Waals surface area contributed by atoms with Gasteiger partial charge in [-0.3, -0.25) is 9.52 Å². The van der Waals surface area contributed by atoms with E-state index in [0.29, 0.717) is 6.54 Å². The first-order valence-electron chi connectivity index (χ1n) is 7.75. The van der Waals surface area contributed by atoms with Crippen LogP contribution >= 0.6 is 0 Å². The predicted molar refractivity (Wildman–Crippen MR) is 100 cm³/mol. The van der Waals surface area contributed by atoms with Gasteiger partial charge in [-0.05, 0) is 34.5 Å². The molecule has 0 aromatic heterocycles. The first kappa shape index (κ1) is 17.0. The third-order valence-corrected chi connectivity index (χ3v) is 4.32. The van der Waals surface area contributed by atoms with Crippen LogP contribution in [0.1, 0.15) is 15.9 Å². The average molecular weight is 354 g/mol. The number of sulfonamides is 1. The maximum absolute atomic E-state index is 12.4. The van der Waals surface area contributed by atoms with Crippen molar-refractivity contribution >= 4 is 32.4 Å². The molecule has 1 amide bonds. The quantitative estimate of drug-likeness (QED) is 0.739. The minimum Gasteiger partial charge on any atom is -0.348 e. The van der Waals surface area contributed by atoms with Gasteiger partial charge in [-0.1, -0.05) is 48.5 Å². The third kappa shape index (κ3) is 4.36. The smallest absolute Gasteiger partial charge is 0.253 e. The lowest BCUT2D eigenvalue weighted by atomic mass is 10.1. The molecule has 2 N–H and O–H groups in total. The highest BCUT2D eigenvalue weighted by molar-refractivity contribution is 7.92. The van der Waals surface area contributed by atoms with E-state index < -0.39 is 10.0 Å². The summed E-state index contributed by atoms with van der Waals surface area (Å²) in [6, 6.07) is 20.5. The van der Waals surface area contributed by atoms with Gasteiger partial charge in [0.05, 0.1) is 17.5 Å². The van der Waals surface area contributed by atoms with Crippen LogP contribution in [0, 0.1) is 0 Å². The Morgan fingerprint density at radius 2 is 1.60 bits per heavy atom. The molecule has 0 aliphatic heterocycles. The highest BCUT2D eigenvalue weighted by atomic mass is 32.2. The number of benzene rings is 3. The fourth-order valence-corrected chi connectivity index (χ4v) is 3.17. The van der Waals surface area contributed by atoms with Crippen molar-refractivity contribution in [2.45, 2.75) is 6.54 Å². The maximum Gasteiger partial charge on any atom is 0.253 e. The Hall–Kier alpha value is -2.86. The van der Waals surface area contributed by atoms with Gasteiger partial charge >= 0.3 is 0 Å². The Balaban J connectivity index is 1.76. The molecular formula is C19H18N2O3S. The van der Waals surface area contributed by atoms with Gasteiger partial charge in [0.15, 0.2) is 0 Å². The number of anilines is 1. The zero-order chi connectivity index (χ0) is 17.9. The molecule has 3 rings (SSSR count). The van der Waals surface area contributed by atoms with Crippen molar-refractivity contribution in [2.24, 2.45) is 0 Å². The monoisotopic (exact) mass is 354 g/mol. The number of rotatable bonds is 5. The summed E-state index contributed by atoms with van der Waals surface area (Å²) in [6.07, 6.45) is 1.05. The number of hydrogen-bond donors (Lipinski definition) is 2. The van der Waals surface area contributed by atoms with Gasteiger partial charge in [0.2, 0.25) is 10.0 Å². The molecule has 0 heterocycles. The largest absolute Gasteiger partial charge is 0.348 e. The Morgan fingerprint density at radius 3 is 2.36 bits per heavy atom. The maximum atomic E-state index is 12.4. The van der Waals surface area contributed by atoms with E-state index in [4.69, 9.17) is 0 Å². The molecule has 3 aromatic carbocycles. The highest BCUT2D eigenvalue weighted by Crippen LogP contribution is 2.18. The molecule has 0 aliphatic rings. The van der Waals surface area contributed by atoms with Gasteiger partial charge in [-0.25, -0.2) is 8.42 Å². The van der Waals surface area contributed by atoms with E-state index in [1.165, 1.54) is 0 Å². The van der Waals surface area contributed by atoms with E-state index in [9.17, 15) is 13.2 Å². The SMILES string of the molecule is CS(=O)(=O)Nc1ccccc1C(=O)NCc1ccc2ccccc2c1. The van der Waals surface area contributed by atoms with Crippen molar-refractivity contribution in [3.63, 3.8) is 0 Å². The van der Waals surface area contributed by atoms with Crippen molar-refractivity contribution < 1.29 is 13.2 Å². The second kappa shape index (κ2) is 6.94. The van der Waals surface area contributed by atoms with Crippen molar-refractivity contribution in [2.75, 3.05) is 11.0 Å². The summed E-state index contributed by atoms with van der Waals surface area (Å²) < 4.78 is 25.2. The first-order chi connectivity index (χ1) is 11.9. The molecule has 0 saturated carbocycles. The van der Waals surface area contributed by atoms with Crippen LogP contribution in [0.5, 0.6) is 0 Å². The van der Waals surface area contributed by atoms with Gasteiger partial charge in [0.1, 0.15) is 0 Å². The number of hydrogen-bond acceptors (Lipinski definition) is 3. The normalized spacial score (nSPS) is 11.2. The molecule has 0 fully saturated rings. The van der Waals surface area contributed by atoms with E-state index >= 15 is 0 Å². The molecule has 0 unspecified atom stereocenters. The van der Waals surface area contributed by atoms with Crippen molar-refractivity contribution in [1.29, 1.82) is 0 Å². The van der Waals surface area contributed by atoms with Crippen LogP contribution in [0.3, 0.4) is 0 Å². The summed E-state index contributed by atoms with van der Waals surface area (Å²) in [4.78, 5) is 12.4. The third-order valence-electron chi connectivity index (χ3n) is 3.73. The number of para-hydroxylation sites is 1. The van der Waals surface area contributed by atoms with E-state index in [1.807, 2.05) is 42.5 Å². The van der Waals surface area contributed by atoms with Crippen molar-refractivity contribution in [1.82, 2.24) is 5.32 Å². The Bertz CT molecular complexity index is 1030. The molecule has 3 aromatic rings. The second-order valence-corrected chi connectivity index (χ2v) is 7.53. The van der Waals surface area contributed by atoms with E-state index in [-0.39, 0.29) is 17.2 Å². The van der Waals surface area contributed by atoms with Crippen LogP contribution in [0.15, 0.2) is 66.7 Å². The van der Waals surface area contributed by atoms with Crippen LogP contribution in [-0.4, -0.2) is 20.6 Å². The topological polar surface area (TPSA) is 75.3 Å². The molecule has 128 valence electrons. The summed E-state index contributed by atoms with van der Waals surface area (Å²) in [5.41, 5.74) is 1.52. The van der Waals surface area contributed by atoms with E-state index in [2.05, 4.69) is 10.0 Å². The summed E-state index contributed by atoms with van der Waals surface area (Å²) in [5, 5.41) is 5.08. The molecule has 0 radical (unpaired) electrons. The first-order valence-corrected chi connectivity index (χ1v) is 9.64. The molecular weight excluding hydrogens is 336 g/mol. The van der Waals surface area contributed by atoms with Crippen LogP contribution in [-0.2, 0) is 16.6 Å². The Morgan fingerprint density at radius 1 is 0.920 bits per heavy atom. The van der Waals surface area contributed by atoms with E-state index in [1.54, 1.807) is 24.3 Å². The number of amides is 1. The lowest BCUT2D eigenvalue weighted by Gasteiger charge is -2.11. The molecule has 0 atom stereocenters. The Labute approximate surface area is 146 Å². The predicted octanol–water partition coefficient (Wildman–Crippen LogP) is 3.14. The van der Waals surface area contributed by atoms with Crippen LogP contribution in [0.2, 0.25) is 0 Å². The number of nitrogens with one attached hydrogen (secondary N) is 2. The fourth-order valence-electron chi connectivity index (χ4n) is 2.60. The van der Waals surface area contributed by atoms with Gasteiger partial charge in [0.25, 0.3) is 5.91 Å². The fraction of sp³-hybridized carbons (Fsp3) is 0.105. The van der Waals surface area contributed by atoms with Crippen molar-refractivity contribution in [3.05, 3.63) is 77.9 Å². The van der Waals surface area contributed by atoms with Gasteiger partial charge in [-0.2, -0.15) is 0 Å². The number of carbonyl (C=O) groups is 1. The Kier molecular flexibility index (Phi) is 4.72. The standard InChI is InChI=1S/C19H18N2O3S/c1-25(23,24)21-18-9-5-4-8-17(18)19(22)20-13-14-10-11-15-6-2-3-7-16(15)12-14/h2-12,21H,13H2,1H3,(H,20,22). The molecule has 6 heteroatoms. The van der Waals surface area contributed by atoms with Crippen molar-refractivity contribution in [3.8, 4) is 0 Å². The minimum absolute atomic E-state index is 0.265. The van der Waals surface area contributed by atoms with Crippen LogP contribution < -0.4 is 10.0 Å². The summed E-state index contributed by atoms with van der Waals surface area (Å²) in [5.74, 6) is -0.333. The molecule has 5 nitrogen and oxygen atoms in total. The summed E-state index contributed by atoms with van der Waals surface area (Å²) in [6.45, 7) is 0.358.